The quantitative estimate of drug-likeness (QED) is 0.864. The van der Waals surface area contributed by atoms with Gasteiger partial charge in [0, 0.05) is 12.6 Å². The number of aryl methyl sites for hydroxylation is 1. The molecule has 120 valence electrons. The maximum absolute atomic E-state index is 11.1. The van der Waals surface area contributed by atoms with Crippen LogP contribution in [0.25, 0.3) is 10.8 Å². The molecule has 3 saturated heterocycles. The summed E-state index contributed by atoms with van der Waals surface area (Å²) in [6, 6.07) is 13.0. The number of nitrogens with zero attached hydrogens (tertiary/aromatic N) is 1. The number of rotatable bonds is 3. The van der Waals surface area contributed by atoms with E-state index in [4.69, 9.17) is 0 Å². The SMILES string of the molecule is C=CC1CN2CC[C@@H]1C[C@H]2[C@H](O)c1cccc2ccc(C)cc12. The summed E-state index contributed by atoms with van der Waals surface area (Å²) in [6.45, 7) is 8.27. The number of benzene rings is 2. The third kappa shape index (κ3) is 2.50. The number of hydrogen-bond donors (Lipinski definition) is 1. The molecule has 23 heavy (non-hydrogen) atoms. The Hall–Kier alpha value is -1.64. The van der Waals surface area contributed by atoms with Gasteiger partial charge in [-0.05, 0) is 54.5 Å². The number of piperidine rings is 3. The van der Waals surface area contributed by atoms with Crippen molar-refractivity contribution in [3.05, 3.63) is 60.2 Å². The lowest BCUT2D eigenvalue weighted by molar-refractivity contribution is -0.0444. The van der Waals surface area contributed by atoms with Crippen LogP contribution < -0.4 is 0 Å². The van der Waals surface area contributed by atoms with Crippen LogP contribution in [0.5, 0.6) is 0 Å². The second-order valence-corrected chi connectivity index (χ2v) is 7.26. The maximum atomic E-state index is 11.1. The van der Waals surface area contributed by atoms with E-state index in [-0.39, 0.29) is 6.04 Å². The van der Waals surface area contributed by atoms with Gasteiger partial charge >= 0.3 is 0 Å². The normalized spacial score (nSPS) is 31.2. The molecule has 3 aliphatic rings. The lowest BCUT2D eigenvalue weighted by atomic mass is 9.73. The van der Waals surface area contributed by atoms with Gasteiger partial charge in [0.05, 0.1) is 6.10 Å². The number of aliphatic hydroxyl groups excluding tert-OH is 1. The van der Waals surface area contributed by atoms with Crippen molar-refractivity contribution < 1.29 is 5.11 Å². The average Bonchev–Trinajstić information content (AvgIpc) is 2.60. The van der Waals surface area contributed by atoms with Crippen LogP contribution >= 0.6 is 0 Å². The highest BCUT2D eigenvalue weighted by Gasteiger charge is 2.42. The fourth-order valence-electron chi connectivity index (χ4n) is 4.58. The number of aliphatic hydroxyl groups is 1. The molecule has 3 heterocycles. The minimum Gasteiger partial charge on any atom is -0.387 e. The Morgan fingerprint density at radius 1 is 1.30 bits per heavy atom. The molecule has 5 atom stereocenters. The molecule has 2 bridgehead atoms. The summed E-state index contributed by atoms with van der Waals surface area (Å²) in [5, 5.41) is 13.6. The van der Waals surface area contributed by atoms with Crippen molar-refractivity contribution in [2.75, 3.05) is 13.1 Å². The molecule has 0 saturated carbocycles. The van der Waals surface area contributed by atoms with Gasteiger partial charge < -0.3 is 5.11 Å². The van der Waals surface area contributed by atoms with Gasteiger partial charge in [0.1, 0.15) is 0 Å². The molecule has 2 nitrogen and oxygen atoms in total. The predicted octanol–water partition coefficient (Wildman–Crippen LogP) is 4.08. The zero-order valence-electron chi connectivity index (χ0n) is 13.8. The first-order chi connectivity index (χ1) is 11.2. The van der Waals surface area contributed by atoms with E-state index in [2.05, 4.69) is 60.9 Å². The van der Waals surface area contributed by atoms with Gasteiger partial charge in [0.25, 0.3) is 0 Å². The van der Waals surface area contributed by atoms with Crippen LogP contribution in [-0.2, 0) is 0 Å². The first-order valence-electron chi connectivity index (χ1n) is 8.71. The Balaban J connectivity index is 1.69. The molecule has 0 aliphatic carbocycles. The van der Waals surface area contributed by atoms with Crippen LogP contribution in [-0.4, -0.2) is 29.1 Å². The summed E-state index contributed by atoms with van der Waals surface area (Å²) in [5.41, 5.74) is 2.33. The van der Waals surface area contributed by atoms with Gasteiger partial charge in [0.2, 0.25) is 0 Å². The van der Waals surface area contributed by atoms with E-state index in [9.17, 15) is 5.11 Å². The zero-order chi connectivity index (χ0) is 16.0. The highest BCUT2D eigenvalue weighted by atomic mass is 16.3. The minimum atomic E-state index is -0.408. The van der Waals surface area contributed by atoms with Gasteiger partial charge in [-0.1, -0.05) is 48.0 Å². The van der Waals surface area contributed by atoms with Gasteiger partial charge in [-0.15, -0.1) is 6.58 Å². The molecule has 2 unspecified atom stereocenters. The van der Waals surface area contributed by atoms with Gasteiger partial charge in [-0.2, -0.15) is 0 Å². The second kappa shape index (κ2) is 5.77. The summed E-state index contributed by atoms with van der Waals surface area (Å²) in [5.74, 6) is 1.29. The van der Waals surface area contributed by atoms with Crippen molar-refractivity contribution in [3.8, 4) is 0 Å². The van der Waals surface area contributed by atoms with Gasteiger partial charge in [0.15, 0.2) is 0 Å². The summed E-state index contributed by atoms with van der Waals surface area (Å²) in [4.78, 5) is 2.48. The molecule has 0 aromatic heterocycles. The van der Waals surface area contributed by atoms with Crippen molar-refractivity contribution in [2.45, 2.75) is 31.9 Å². The molecule has 0 spiro atoms. The zero-order valence-corrected chi connectivity index (χ0v) is 13.8. The summed E-state index contributed by atoms with van der Waals surface area (Å²) >= 11 is 0. The maximum Gasteiger partial charge on any atom is 0.0951 e. The lowest BCUT2D eigenvalue weighted by Gasteiger charge is -2.50. The van der Waals surface area contributed by atoms with E-state index in [0.29, 0.717) is 11.8 Å². The average molecular weight is 307 g/mol. The number of hydrogen-bond acceptors (Lipinski definition) is 2. The standard InChI is InChI=1S/C21H25NO/c1-3-15-13-22-10-9-17(15)12-20(22)21(23)18-6-4-5-16-8-7-14(2)11-19(16)18/h3-8,11,15,17,20-21,23H,1,9-10,12-13H2,2H3/t15?,17-,20+,21-/m1/s1. The lowest BCUT2D eigenvalue weighted by Crippen LogP contribution is -2.54. The minimum absolute atomic E-state index is 0.246. The molecule has 2 aromatic rings. The summed E-state index contributed by atoms with van der Waals surface area (Å²) < 4.78 is 0. The molecule has 5 rings (SSSR count). The molecule has 1 N–H and O–H groups in total. The highest BCUT2D eigenvalue weighted by Crippen LogP contribution is 2.42. The molecule has 2 aromatic carbocycles. The van der Waals surface area contributed by atoms with Crippen LogP contribution in [0.4, 0.5) is 0 Å². The van der Waals surface area contributed by atoms with Crippen molar-refractivity contribution in [3.63, 3.8) is 0 Å². The van der Waals surface area contributed by atoms with E-state index in [1.165, 1.54) is 22.8 Å². The Labute approximate surface area is 138 Å². The third-order valence-corrected chi connectivity index (χ3v) is 5.91. The summed E-state index contributed by atoms with van der Waals surface area (Å²) in [7, 11) is 0. The van der Waals surface area contributed by atoms with E-state index in [0.717, 1.165) is 25.1 Å². The Kier molecular flexibility index (Phi) is 3.74. The van der Waals surface area contributed by atoms with E-state index in [1.807, 2.05) is 0 Å². The van der Waals surface area contributed by atoms with Crippen molar-refractivity contribution in [1.82, 2.24) is 4.90 Å². The van der Waals surface area contributed by atoms with Crippen molar-refractivity contribution in [2.24, 2.45) is 11.8 Å². The van der Waals surface area contributed by atoms with Crippen LogP contribution in [0, 0.1) is 18.8 Å². The topological polar surface area (TPSA) is 23.5 Å². The van der Waals surface area contributed by atoms with Crippen LogP contribution in [0.3, 0.4) is 0 Å². The first kappa shape index (κ1) is 14.9. The molecular formula is C21H25NO. The van der Waals surface area contributed by atoms with E-state index in [1.54, 1.807) is 0 Å². The van der Waals surface area contributed by atoms with Gasteiger partial charge in [-0.3, -0.25) is 4.90 Å². The molecule has 3 fully saturated rings. The fraction of sp³-hybridized carbons (Fsp3) is 0.429. The third-order valence-electron chi connectivity index (χ3n) is 5.91. The Morgan fingerprint density at radius 3 is 2.91 bits per heavy atom. The molecule has 0 amide bonds. The highest BCUT2D eigenvalue weighted by molar-refractivity contribution is 5.86. The van der Waals surface area contributed by atoms with Crippen LogP contribution in [0.1, 0.15) is 30.1 Å². The Bertz CT molecular complexity index is 738. The Morgan fingerprint density at radius 2 is 2.17 bits per heavy atom. The van der Waals surface area contributed by atoms with Crippen LogP contribution in [0.2, 0.25) is 0 Å². The second-order valence-electron chi connectivity index (χ2n) is 7.26. The van der Waals surface area contributed by atoms with Crippen LogP contribution in [0.15, 0.2) is 49.1 Å². The predicted molar refractivity (Wildman–Crippen MR) is 95.4 cm³/mol. The van der Waals surface area contributed by atoms with Crippen molar-refractivity contribution in [1.29, 1.82) is 0 Å². The number of fused-ring (bicyclic) bond motifs is 4. The first-order valence-corrected chi connectivity index (χ1v) is 8.71. The molecule has 3 aliphatic heterocycles. The summed E-state index contributed by atoms with van der Waals surface area (Å²) in [6.07, 6.45) is 4.03. The largest absolute Gasteiger partial charge is 0.387 e. The van der Waals surface area contributed by atoms with E-state index < -0.39 is 6.10 Å². The molecule has 2 heteroatoms. The van der Waals surface area contributed by atoms with Gasteiger partial charge in [-0.25, -0.2) is 0 Å². The van der Waals surface area contributed by atoms with Crippen molar-refractivity contribution >= 4 is 10.8 Å². The molecule has 0 radical (unpaired) electrons. The van der Waals surface area contributed by atoms with E-state index >= 15 is 0 Å². The smallest absolute Gasteiger partial charge is 0.0951 e. The molecular weight excluding hydrogens is 282 g/mol. The fourth-order valence-corrected chi connectivity index (χ4v) is 4.58. The monoisotopic (exact) mass is 307 g/mol.